The predicted octanol–water partition coefficient (Wildman–Crippen LogP) is 3.38. The maximum absolute atomic E-state index is 5.54. The number of ether oxygens (including phenoxy) is 2. The fourth-order valence-corrected chi connectivity index (χ4v) is 2.09. The second-order valence-corrected chi connectivity index (χ2v) is 3.94. The van der Waals surface area contributed by atoms with Crippen LogP contribution in [0.1, 0.15) is 16.7 Å². The van der Waals surface area contributed by atoms with Crippen LogP contribution in [0.15, 0.2) is 10.7 Å². The molecule has 0 aliphatic rings. The Morgan fingerprint density at radius 2 is 1.50 bits per heavy atom. The summed E-state index contributed by atoms with van der Waals surface area (Å²) in [5.74, 6) is 1.67. The zero-order chi connectivity index (χ0) is 11.9. The van der Waals surface area contributed by atoms with Crippen LogP contribution in [0.5, 0.6) is 11.5 Å². The molecule has 0 bridgehead atoms. The molecule has 0 radical (unpaired) electrons. The molecule has 1 heterocycles. The Labute approximate surface area is 95.0 Å². The van der Waals surface area contributed by atoms with Crippen LogP contribution in [0, 0.1) is 20.8 Å². The minimum atomic E-state index is 0.764. The van der Waals surface area contributed by atoms with E-state index in [0.29, 0.717) is 0 Å². The summed E-state index contributed by atoms with van der Waals surface area (Å²) in [5.41, 5.74) is 3.98. The average molecular weight is 220 g/mol. The smallest absolute Gasteiger partial charge is 0.179 e. The Kier molecular flexibility index (Phi) is 2.54. The molecule has 0 aliphatic heterocycles. The third-order valence-electron chi connectivity index (χ3n) is 3.06. The maximum Gasteiger partial charge on any atom is 0.179 e. The first-order valence-electron chi connectivity index (χ1n) is 5.20. The number of hydrogen-bond acceptors (Lipinski definition) is 3. The highest BCUT2D eigenvalue weighted by molar-refractivity contribution is 5.94. The topological polar surface area (TPSA) is 31.6 Å². The Morgan fingerprint density at radius 1 is 0.938 bits per heavy atom. The van der Waals surface area contributed by atoms with Crippen molar-refractivity contribution in [1.29, 1.82) is 0 Å². The molecule has 2 aromatic rings. The monoisotopic (exact) mass is 220 g/mol. The first kappa shape index (κ1) is 10.9. The molecular weight excluding hydrogens is 204 g/mol. The van der Waals surface area contributed by atoms with E-state index in [9.17, 15) is 0 Å². The lowest BCUT2D eigenvalue weighted by Gasteiger charge is -2.13. The van der Waals surface area contributed by atoms with E-state index in [1.54, 1.807) is 20.5 Å². The molecule has 0 saturated heterocycles. The standard InChI is InChI=1S/C13H16O3/c1-7-6-16-13-10(7)11(14-4)8(2)9(3)12(13)15-5/h6H,1-5H3. The van der Waals surface area contributed by atoms with Crippen molar-refractivity contribution in [3.63, 3.8) is 0 Å². The van der Waals surface area contributed by atoms with E-state index < -0.39 is 0 Å². The van der Waals surface area contributed by atoms with E-state index in [0.717, 1.165) is 39.2 Å². The summed E-state index contributed by atoms with van der Waals surface area (Å²) in [6, 6.07) is 0. The molecular formula is C13H16O3. The molecule has 2 rings (SSSR count). The van der Waals surface area contributed by atoms with Crippen molar-refractivity contribution in [3.8, 4) is 11.5 Å². The van der Waals surface area contributed by atoms with Crippen molar-refractivity contribution in [2.45, 2.75) is 20.8 Å². The van der Waals surface area contributed by atoms with Gasteiger partial charge in [0.05, 0.1) is 25.9 Å². The zero-order valence-corrected chi connectivity index (χ0v) is 10.3. The van der Waals surface area contributed by atoms with Gasteiger partial charge in [-0.05, 0) is 31.9 Å². The van der Waals surface area contributed by atoms with Gasteiger partial charge in [-0.2, -0.15) is 0 Å². The van der Waals surface area contributed by atoms with Crippen molar-refractivity contribution in [1.82, 2.24) is 0 Å². The van der Waals surface area contributed by atoms with Gasteiger partial charge >= 0.3 is 0 Å². The molecule has 3 heteroatoms. The van der Waals surface area contributed by atoms with Gasteiger partial charge in [0.25, 0.3) is 0 Å². The third-order valence-corrected chi connectivity index (χ3v) is 3.06. The quantitative estimate of drug-likeness (QED) is 0.777. The summed E-state index contributed by atoms with van der Waals surface area (Å²) in [5, 5.41) is 1.00. The van der Waals surface area contributed by atoms with Crippen LogP contribution in [0.3, 0.4) is 0 Å². The Balaban J connectivity index is 2.97. The number of methoxy groups -OCH3 is 2. The summed E-state index contributed by atoms with van der Waals surface area (Å²) >= 11 is 0. The Bertz CT molecular complexity index is 538. The summed E-state index contributed by atoms with van der Waals surface area (Å²) in [7, 11) is 3.34. The SMILES string of the molecule is COc1c(C)c(C)c(OC)c2c(C)coc12. The van der Waals surface area contributed by atoms with Gasteiger partial charge in [-0.15, -0.1) is 0 Å². The fraction of sp³-hybridized carbons (Fsp3) is 0.385. The summed E-state index contributed by atoms with van der Waals surface area (Å²) in [6.07, 6.45) is 1.73. The summed E-state index contributed by atoms with van der Waals surface area (Å²) in [6.45, 7) is 6.04. The van der Waals surface area contributed by atoms with Crippen LogP contribution in [0.25, 0.3) is 11.0 Å². The van der Waals surface area contributed by atoms with Crippen LogP contribution >= 0.6 is 0 Å². The normalized spacial score (nSPS) is 10.8. The molecule has 0 aliphatic carbocycles. The van der Waals surface area contributed by atoms with E-state index in [1.807, 2.05) is 20.8 Å². The number of rotatable bonds is 2. The maximum atomic E-state index is 5.54. The lowest BCUT2D eigenvalue weighted by atomic mass is 10.0. The average Bonchev–Trinajstić information content (AvgIpc) is 2.63. The molecule has 3 nitrogen and oxygen atoms in total. The Morgan fingerprint density at radius 3 is 2.06 bits per heavy atom. The van der Waals surface area contributed by atoms with Crippen molar-refractivity contribution < 1.29 is 13.9 Å². The largest absolute Gasteiger partial charge is 0.496 e. The number of benzene rings is 1. The van der Waals surface area contributed by atoms with E-state index >= 15 is 0 Å². The lowest BCUT2D eigenvalue weighted by molar-refractivity contribution is 0.398. The highest BCUT2D eigenvalue weighted by Crippen LogP contribution is 2.42. The highest BCUT2D eigenvalue weighted by Gasteiger charge is 2.19. The summed E-state index contributed by atoms with van der Waals surface area (Å²) in [4.78, 5) is 0. The van der Waals surface area contributed by atoms with Gasteiger partial charge in [0, 0.05) is 5.56 Å². The zero-order valence-electron chi connectivity index (χ0n) is 10.3. The van der Waals surface area contributed by atoms with E-state index in [4.69, 9.17) is 13.9 Å². The second kappa shape index (κ2) is 3.74. The fourth-order valence-electron chi connectivity index (χ4n) is 2.09. The molecule has 0 N–H and O–H groups in total. The van der Waals surface area contributed by atoms with Crippen LogP contribution in [0.2, 0.25) is 0 Å². The van der Waals surface area contributed by atoms with Crippen LogP contribution in [0.4, 0.5) is 0 Å². The van der Waals surface area contributed by atoms with Gasteiger partial charge in [-0.3, -0.25) is 0 Å². The molecule has 1 aromatic carbocycles. The van der Waals surface area contributed by atoms with Gasteiger partial charge in [-0.25, -0.2) is 0 Å². The van der Waals surface area contributed by atoms with Crippen LogP contribution in [-0.2, 0) is 0 Å². The van der Waals surface area contributed by atoms with Gasteiger partial charge in [0.15, 0.2) is 11.3 Å². The minimum Gasteiger partial charge on any atom is -0.496 e. The number of furan rings is 1. The molecule has 0 amide bonds. The number of aryl methyl sites for hydroxylation is 1. The lowest BCUT2D eigenvalue weighted by Crippen LogP contribution is -1.96. The van der Waals surface area contributed by atoms with Crippen molar-refractivity contribution in [2.24, 2.45) is 0 Å². The second-order valence-electron chi connectivity index (χ2n) is 3.94. The van der Waals surface area contributed by atoms with Crippen molar-refractivity contribution in [3.05, 3.63) is 23.0 Å². The molecule has 0 unspecified atom stereocenters. The van der Waals surface area contributed by atoms with Crippen LogP contribution < -0.4 is 9.47 Å². The van der Waals surface area contributed by atoms with Gasteiger partial charge in [0.1, 0.15) is 5.75 Å². The minimum absolute atomic E-state index is 0.764. The molecule has 0 atom stereocenters. The molecule has 0 saturated carbocycles. The van der Waals surface area contributed by atoms with E-state index in [2.05, 4.69) is 0 Å². The molecule has 86 valence electrons. The third kappa shape index (κ3) is 1.28. The predicted molar refractivity (Wildman–Crippen MR) is 63.5 cm³/mol. The molecule has 0 fully saturated rings. The molecule has 0 spiro atoms. The highest BCUT2D eigenvalue weighted by atomic mass is 16.5. The molecule has 1 aromatic heterocycles. The van der Waals surface area contributed by atoms with Crippen molar-refractivity contribution >= 4 is 11.0 Å². The van der Waals surface area contributed by atoms with Gasteiger partial charge < -0.3 is 13.9 Å². The van der Waals surface area contributed by atoms with Gasteiger partial charge in [-0.1, -0.05) is 0 Å². The molecule has 16 heavy (non-hydrogen) atoms. The number of hydrogen-bond donors (Lipinski definition) is 0. The van der Waals surface area contributed by atoms with E-state index in [1.165, 1.54) is 0 Å². The number of fused-ring (bicyclic) bond motifs is 1. The summed E-state index contributed by atoms with van der Waals surface area (Å²) < 4.78 is 16.4. The van der Waals surface area contributed by atoms with E-state index in [-0.39, 0.29) is 0 Å². The van der Waals surface area contributed by atoms with Gasteiger partial charge in [0.2, 0.25) is 0 Å². The van der Waals surface area contributed by atoms with Crippen LogP contribution in [-0.4, -0.2) is 14.2 Å². The Hall–Kier alpha value is -1.64. The first-order chi connectivity index (χ1) is 7.61. The first-order valence-corrected chi connectivity index (χ1v) is 5.20. The van der Waals surface area contributed by atoms with Crippen molar-refractivity contribution in [2.75, 3.05) is 14.2 Å².